The summed E-state index contributed by atoms with van der Waals surface area (Å²) in [4.78, 5) is 33.4. The van der Waals surface area contributed by atoms with Crippen molar-refractivity contribution in [2.24, 2.45) is 5.92 Å². The summed E-state index contributed by atoms with van der Waals surface area (Å²) in [6.07, 6.45) is 3.70. The van der Waals surface area contributed by atoms with Crippen LogP contribution in [0.1, 0.15) is 61.0 Å². The molecule has 0 spiro atoms. The van der Waals surface area contributed by atoms with Crippen molar-refractivity contribution in [1.29, 1.82) is 0 Å². The number of likely N-dealkylation sites (tertiary alicyclic amines) is 2. The lowest BCUT2D eigenvalue weighted by molar-refractivity contribution is -0.141. The van der Waals surface area contributed by atoms with Crippen LogP contribution < -0.4 is 5.32 Å². The van der Waals surface area contributed by atoms with Crippen molar-refractivity contribution in [3.63, 3.8) is 0 Å². The fourth-order valence-corrected chi connectivity index (χ4v) is 5.55. The molecule has 0 saturated carbocycles. The Morgan fingerprint density at radius 1 is 1.00 bits per heavy atom. The summed E-state index contributed by atoms with van der Waals surface area (Å²) in [7, 11) is 0. The van der Waals surface area contributed by atoms with Gasteiger partial charge in [-0.3, -0.25) is 9.59 Å². The van der Waals surface area contributed by atoms with Gasteiger partial charge >= 0.3 is 0 Å². The van der Waals surface area contributed by atoms with Crippen LogP contribution in [0, 0.1) is 12.8 Å². The van der Waals surface area contributed by atoms with E-state index in [1.54, 1.807) is 11.8 Å². The van der Waals surface area contributed by atoms with E-state index in [0.717, 1.165) is 62.5 Å². The van der Waals surface area contributed by atoms with Gasteiger partial charge in [0.2, 0.25) is 11.8 Å². The lowest BCUT2D eigenvalue weighted by Gasteiger charge is -2.38. The van der Waals surface area contributed by atoms with Crippen LogP contribution in [-0.2, 0) is 16.0 Å². The molecule has 2 fully saturated rings. The third-order valence-electron chi connectivity index (χ3n) is 7.90. The largest absolute Gasteiger partial charge is 0.349 e. The van der Waals surface area contributed by atoms with Crippen molar-refractivity contribution in [3.05, 3.63) is 83.4 Å². The van der Waals surface area contributed by atoms with E-state index in [1.165, 1.54) is 5.56 Å². The first-order chi connectivity index (χ1) is 18.5. The van der Waals surface area contributed by atoms with Crippen molar-refractivity contribution < 1.29 is 9.59 Å². The van der Waals surface area contributed by atoms with Crippen molar-refractivity contribution >= 4 is 11.8 Å². The quantitative estimate of drug-likeness (QED) is 0.472. The van der Waals surface area contributed by atoms with Gasteiger partial charge in [-0.2, -0.15) is 5.10 Å². The number of nitrogens with zero attached hydrogens (tertiary/aromatic N) is 5. The number of hydrogen-bond donors (Lipinski definition) is 1. The number of benzene rings is 2. The van der Waals surface area contributed by atoms with Gasteiger partial charge in [-0.05, 0) is 37.3 Å². The molecule has 2 aliphatic rings. The van der Waals surface area contributed by atoms with E-state index in [4.69, 9.17) is 10.1 Å². The highest BCUT2D eigenvalue weighted by Gasteiger charge is 2.35. The van der Waals surface area contributed by atoms with Crippen LogP contribution in [-0.4, -0.2) is 69.1 Å². The van der Waals surface area contributed by atoms with Crippen molar-refractivity contribution in [2.75, 3.05) is 32.7 Å². The minimum atomic E-state index is -0.112. The van der Waals surface area contributed by atoms with Crippen molar-refractivity contribution in [3.8, 4) is 0 Å². The van der Waals surface area contributed by atoms with E-state index in [2.05, 4.69) is 58.2 Å². The fourth-order valence-electron chi connectivity index (χ4n) is 5.55. The van der Waals surface area contributed by atoms with Gasteiger partial charge in [-0.15, -0.1) is 0 Å². The van der Waals surface area contributed by atoms with E-state index in [-0.39, 0.29) is 23.8 Å². The highest BCUT2D eigenvalue weighted by molar-refractivity contribution is 5.83. The summed E-state index contributed by atoms with van der Waals surface area (Å²) in [5.41, 5.74) is 2.36. The molecule has 2 aromatic carbocycles. The van der Waals surface area contributed by atoms with E-state index in [9.17, 15) is 9.59 Å². The predicted octanol–water partition coefficient (Wildman–Crippen LogP) is 3.54. The number of nitrogens with one attached hydrogen (secondary N) is 1. The topological polar surface area (TPSA) is 83.4 Å². The summed E-state index contributed by atoms with van der Waals surface area (Å²) in [5, 5.41) is 8.13. The van der Waals surface area contributed by atoms with E-state index >= 15 is 0 Å². The lowest BCUT2D eigenvalue weighted by atomic mass is 9.96. The highest BCUT2D eigenvalue weighted by atomic mass is 16.2. The smallest absolute Gasteiger partial charge is 0.227 e. The van der Waals surface area contributed by atoms with E-state index < -0.39 is 0 Å². The Balaban J connectivity index is 1.13. The number of rotatable bonds is 9. The van der Waals surface area contributed by atoms with E-state index in [0.29, 0.717) is 19.1 Å². The number of carbonyl (C=O) groups excluding carboxylic acids is 2. The van der Waals surface area contributed by atoms with E-state index in [1.807, 2.05) is 24.3 Å². The molecule has 8 heteroatoms. The fraction of sp³-hybridized carbons (Fsp3) is 0.467. The molecule has 3 aromatic rings. The summed E-state index contributed by atoms with van der Waals surface area (Å²) >= 11 is 0. The summed E-state index contributed by atoms with van der Waals surface area (Å²) < 4.78 is 2.13. The second kappa shape index (κ2) is 11.9. The number of aromatic nitrogens is 3. The van der Waals surface area contributed by atoms with Crippen LogP contribution in [0.25, 0.3) is 0 Å². The van der Waals surface area contributed by atoms with Gasteiger partial charge in [-0.1, -0.05) is 60.7 Å². The molecule has 0 unspecified atom stereocenters. The maximum absolute atomic E-state index is 12.9. The Hall–Kier alpha value is -3.52. The third kappa shape index (κ3) is 6.30. The van der Waals surface area contributed by atoms with Crippen LogP contribution >= 0.6 is 0 Å². The SMILES string of the molecule is CC(=O)N1CC(C(=O)N[C@@H](CCN2CCC(n3nc(Cc4ccccc4)nc3C)CC2)c2ccccc2)C1. The summed E-state index contributed by atoms with van der Waals surface area (Å²) in [6, 6.07) is 20.9. The van der Waals surface area contributed by atoms with Gasteiger partial charge in [0.15, 0.2) is 5.82 Å². The molecule has 8 nitrogen and oxygen atoms in total. The van der Waals surface area contributed by atoms with Crippen LogP contribution in [0.2, 0.25) is 0 Å². The third-order valence-corrected chi connectivity index (χ3v) is 7.90. The Bertz CT molecular complexity index is 1210. The molecule has 2 amide bonds. The Morgan fingerprint density at radius 3 is 2.32 bits per heavy atom. The minimum Gasteiger partial charge on any atom is -0.349 e. The molecule has 5 rings (SSSR count). The number of hydrogen-bond acceptors (Lipinski definition) is 5. The zero-order valence-corrected chi connectivity index (χ0v) is 22.4. The maximum Gasteiger partial charge on any atom is 0.227 e. The molecular weight excluding hydrogens is 476 g/mol. The van der Waals surface area contributed by atoms with Crippen LogP contribution in [0.5, 0.6) is 0 Å². The molecule has 1 aromatic heterocycles. The first-order valence-corrected chi connectivity index (χ1v) is 13.8. The maximum atomic E-state index is 12.9. The molecule has 2 aliphatic heterocycles. The second-order valence-corrected chi connectivity index (χ2v) is 10.6. The molecule has 1 atom stereocenters. The molecule has 38 heavy (non-hydrogen) atoms. The average molecular weight is 515 g/mol. The van der Waals surface area contributed by atoms with Crippen molar-refractivity contribution in [2.45, 2.75) is 51.6 Å². The molecule has 0 bridgehead atoms. The summed E-state index contributed by atoms with van der Waals surface area (Å²) in [5.74, 6) is 1.84. The Labute approximate surface area is 225 Å². The predicted molar refractivity (Wildman–Crippen MR) is 146 cm³/mol. The lowest BCUT2D eigenvalue weighted by Crippen LogP contribution is -2.55. The highest BCUT2D eigenvalue weighted by Crippen LogP contribution is 2.26. The van der Waals surface area contributed by atoms with Gasteiger partial charge in [0.1, 0.15) is 5.82 Å². The van der Waals surface area contributed by atoms with Crippen LogP contribution in [0.4, 0.5) is 0 Å². The minimum absolute atomic E-state index is 0.0329. The molecule has 2 saturated heterocycles. The molecule has 0 radical (unpaired) electrons. The zero-order valence-electron chi connectivity index (χ0n) is 22.4. The monoisotopic (exact) mass is 514 g/mol. The molecule has 3 heterocycles. The molecular formula is C30H38N6O2. The van der Waals surface area contributed by atoms with Crippen LogP contribution in [0.15, 0.2) is 60.7 Å². The van der Waals surface area contributed by atoms with Gasteiger partial charge in [0.25, 0.3) is 0 Å². The number of aryl methyl sites for hydroxylation is 1. The Morgan fingerprint density at radius 2 is 1.66 bits per heavy atom. The second-order valence-electron chi connectivity index (χ2n) is 10.6. The summed E-state index contributed by atoms with van der Waals surface area (Å²) in [6.45, 7) is 7.58. The van der Waals surface area contributed by atoms with Crippen molar-refractivity contribution in [1.82, 2.24) is 29.9 Å². The Kier molecular flexibility index (Phi) is 8.17. The first-order valence-electron chi connectivity index (χ1n) is 13.8. The van der Waals surface area contributed by atoms with Gasteiger partial charge in [0, 0.05) is 46.1 Å². The molecule has 200 valence electrons. The zero-order chi connectivity index (χ0) is 26.5. The van der Waals surface area contributed by atoms with Gasteiger partial charge in [0.05, 0.1) is 18.0 Å². The standard InChI is InChI=1S/C30H38N6O2/c1-22-31-29(19-24-9-5-3-6-10-24)33-36(22)27-13-16-34(17-14-27)18-15-28(25-11-7-4-8-12-25)32-30(38)26-20-35(21-26)23(2)37/h3-12,26-28H,13-21H2,1-2H3,(H,32,38)/t28-/m0/s1. The van der Waals surface area contributed by atoms with Gasteiger partial charge in [-0.25, -0.2) is 9.67 Å². The number of amides is 2. The molecule has 1 N–H and O–H groups in total. The first kappa shape index (κ1) is 26.1. The average Bonchev–Trinajstić information content (AvgIpc) is 3.26. The normalized spacial score (nSPS) is 17.7. The number of carbonyl (C=O) groups is 2. The van der Waals surface area contributed by atoms with Crippen LogP contribution in [0.3, 0.4) is 0 Å². The number of piperidine rings is 1. The van der Waals surface area contributed by atoms with Gasteiger partial charge < -0.3 is 15.1 Å². The molecule has 0 aliphatic carbocycles.